The standard InChI is InChI=1S/C9H14O5/c1-6(7-5-13-7)14-9(12)4-2-3-8(10)11/h6-7H,2-5H2,1H3,(H,10,11). The number of carbonyl (C=O) groups is 2. The van der Waals surface area contributed by atoms with Gasteiger partial charge in [0.15, 0.2) is 0 Å². The number of hydrogen-bond donors (Lipinski definition) is 1. The summed E-state index contributed by atoms with van der Waals surface area (Å²) in [4.78, 5) is 21.2. The van der Waals surface area contributed by atoms with Crippen molar-refractivity contribution >= 4 is 11.9 Å². The molecule has 1 saturated heterocycles. The molecule has 5 heteroatoms. The molecule has 0 aromatic heterocycles. The van der Waals surface area contributed by atoms with Crippen molar-refractivity contribution in [2.75, 3.05) is 6.61 Å². The topological polar surface area (TPSA) is 76.1 Å². The van der Waals surface area contributed by atoms with E-state index >= 15 is 0 Å². The summed E-state index contributed by atoms with van der Waals surface area (Å²) in [6.45, 7) is 2.41. The smallest absolute Gasteiger partial charge is 0.306 e. The highest BCUT2D eigenvalue weighted by Crippen LogP contribution is 2.17. The first-order chi connectivity index (χ1) is 6.59. The molecule has 0 aromatic carbocycles. The van der Waals surface area contributed by atoms with Gasteiger partial charge >= 0.3 is 11.9 Å². The molecule has 1 aliphatic heterocycles. The molecule has 2 atom stereocenters. The Morgan fingerprint density at radius 1 is 1.57 bits per heavy atom. The van der Waals surface area contributed by atoms with Crippen LogP contribution in [0.1, 0.15) is 26.2 Å². The number of hydrogen-bond acceptors (Lipinski definition) is 4. The van der Waals surface area contributed by atoms with Crippen LogP contribution in [0.2, 0.25) is 0 Å². The minimum absolute atomic E-state index is 0.00338. The van der Waals surface area contributed by atoms with Gasteiger partial charge in [-0.05, 0) is 13.3 Å². The molecule has 1 N–H and O–H groups in total. The van der Waals surface area contributed by atoms with E-state index in [9.17, 15) is 9.59 Å². The quantitative estimate of drug-likeness (QED) is 0.503. The second kappa shape index (κ2) is 4.95. The molecule has 14 heavy (non-hydrogen) atoms. The summed E-state index contributed by atoms with van der Waals surface area (Å²) in [5.41, 5.74) is 0. The summed E-state index contributed by atoms with van der Waals surface area (Å²) < 4.78 is 9.94. The number of aliphatic carboxylic acids is 1. The number of carbonyl (C=O) groups excluding carboxylic acids is 1. The molecule has 1 heterocycles. The Kier molecular flexibility index (Phi) is 3.88. The summed E-state index contributed by atoms with van der Waals surface area (Å²) in [6.07, 6.45) is 0.310. The predicted molar refractivity (Wildman–Crippen MR) is 46.8 cm³/mol. The second-order valence-corrected chi connectivity index (χ2v) is 3.31. The molecular weight excluding hydrogens is 188 g/mol. The number of epoxide rings is 1. The van der Waals surface area contributed by atoms with Gasteiger partial charge in [-0.15, -0.1) is 0 Å². The maximum absolute atomic E-state index is 11.1. The molecule has 0 bridgehead atoms. The van der Waals surface area contributed by atoms with Crippen molar-refractivity contribution in [1.29, 1.82) is 0 Å². The highest BCUT2D eigenvalue weighted by molar-refractivity contribution is 5.71. The lowest BCUT2D eigenvalue weighted by Crippen LogP contribution is -2.20. The summed E-state index contributed by atoms with van der Waals surface area (Å²) in [5.74, 6) is -1.24. The Morgan fingerprint density at radius 3 is 2.71 bits per heavy atom. The van der Waals surface area contributed by atoms with Gasteiger partial charge in [0.1, 0.15) is 12.2 Å². The average Bonchev–Trinajstić information content (AvgIpc) is 2.84. The second-order valence-electron chi connectivity index (χ2n) is 3.31. The van der Waals surface area contributed by atoms with Gasteiger partial charge < -0.3 is 14.6 Å². The molecule has 0 aliphatic carbocycles. The fourth-order valence-electron chi connectivity index (χ4n) is 1.05. The summed E-state index contributed by atoms with van der Waals surface area (Å²) in [5, 5.41) is 8.33. The van der Waals surface area contributed by atoms with Gasteiger partial charge in [0.05, 0.1) is 6.61 Å². The number of carboxylic acids is 1. The monoisotopic (exact) mass is 202 g/mol. The van der Waals surface area contributed by atoms with Gasteiger partial charge in [-0.25, -0.2) is 0 Å². The molecule has 1 fully saturated rings. The Labute approximate surface area is 82.0 Å². The van der Waals surface area contributed by atoms with Crippen LogP contribution in [-0.2, 0) is 19.1 Å². The van der Waals surface area contributed by atoms with Crippen molar-refractivity contribution in [3.05, 3.63) is 0 Å². The van der Waals surface area contributed by atoms with Gasteiger partial charge in [0, 0.05) is 12.8 Å². The van der Waals surface area contributed by atoms with Crippen LogP contribution < -0.4 is 0 Å². The Hall–Kier alpha value is -1.10. The van der Waals surface area contributed by atoms with E-state index in [1.165, 1.54) is 0 Å². The van der Waals surface area contributed by atoms with Crippen molar-refractivity contribution in [2.24, 2.45) is 0 Å². The first-order valence-corrected chi connectivity index (χ1v) is 4.62. The van der Waals surface area contributed by atoms with Crippen LogP contribution in [0.4, 0.5) is 0 Å². The zero-order valence-electron chi connectivity index (χ0n) is 8.06. The normalized spacial score (nSPS) is 21.4. The van der Waals surface area contributed by atoms with E-state index in [0.717, 1.165) is 0 Å². The van der Waals surface area contributed by atoms with Crippen molar-refractivity contribution in [2.45, 2.75) is 38.4 Å². The highest BCUT2D eigenvalue weighted by atomic mass is 16.6. The molecule has 2 unspecified atom stereocenters. The van der Waals surface area contributed by atoms with Crippen LogP contribution in [-0.4, -0.2) is 35.9 Å². The van der Waals surface area contributed by atoms with E-state index in [4.69, 9.17) is 14.6 Å². The van der Waals surface area contributed by atoms with Crippen molar-refractivity contribution < 1.29 is 24.2 Å². The molecule has 5 nitrogen and oxygen atoms in total. The van der Waals surface area contributed by atoms with Crippen LogP contribution >= 0.6 is 0 Å². The fraction of sp³-hybridized carbons (Fsp3) is 0.778. The third-order valence-electron chi connectivity index (χ3n) is 1.97. The third-order valence-corrected chi connectivity index (χ3v) is 1.97. The van der Waals surface area contributed by atoms with Gasteiger partial charge in [0.2, 0.25) is 0 Å². The van der Waals surface area contributed by atoms with Gasteiger partial charge in [0.25, 0.3) is 0 Å². The van der Waals surface area contributed by atoms with Crippen LogP contribution in [0.25, 0.3) is 0 Å². The van der Waals surface area contributed by atoms with Gasteiger partial charge in [-0.1, -0.05) is 0 Å². The summed E-state index contributed by atoms with van der Waals surface area (Å²) in [6, 6.07) is 0. The zero-order valence-corrected chi connectivity index (χ0v) is 8.06. The molecule has 0 aromatic rings. The van der Waals surface area contributed by atoms with Gasteiger partial charge in [-0.2, -0.15) is 0 Å². The molecule has 0 amide bonds. The fourth-order valence-corrected chi connectivity index (χ4v) is 1.05. The predicted octanol–water partition coefficient (Wildman–Crippen LogP) is 0.572. The Bertz CT molecular complexity index is 221. The third kappa shape index (κ3) is 4.23. The molecular formula is C9H14O5. The minimum Gasteiger partial charge on any atom is -0.481 e. The van der Waals surface area contributed by atoms with Crippen LogP contribution in [0.5, 0.6) is 0 Å². The number of ether oxygens (including phenoxy) is 2. The number of esters is 1. The maximum atomic E-state index is 11.1. The minimum atomic E-state index is -0.892. The highest BCUT2D eigenvalue weighted by Gasteiger charge is 2.31. The van der Waals surface area contributed by atoms with Crippen molar-refractivity contribution in [3.63, 3.8) is 0 Å². The lowest BCUT2D eigenvalue weighted by atomic mass is 10.2. The zero-order chi connectivity index (χ0) is 10.6. The van der Waals surface area contributed by atoms with E-state index in [1.54, 1.807) is 6.92 Å². The van der Waals surface area contributed by atoms with E-state index in [1.807, 2.05) is 0 Å². The van der Waals surface area contributed by atoms with E-state index in [-0.39, 0.29) is 31.0 Å². The Morgan fingerprint density at radius 2 is 2.21 bits per heavy atom. The van der Waals surface area contributed by atoms with Gasteiger partial charge in [-0.3, -0.25) is 9.59 Å². The van der Waals surface area contributed by atoms with E-state index < -0.39 is 5.97 Å². The van der Waals surface area contributed by atoms with Crippen LogP contribution in [0.15, 0.2) is 0 Å². The van der Waals surface area contributed by atoms with Crippen LogP contribution in [0, 0.1) is 0 Å². The first kappa shape index (κ1) is 11.0. The molecule has 1 rings (SSSR count). The molecule has 0 saturated carbocycles. The van der Waals surface area contributed by atoms with E-state index in [2.05, 4.69) is 0 Å². The molecule has 80 valence electrons. The average molecular weight is 202 g/mol. The lowest BCUT2D eigenvalue weighted by molar-refractivity contribution is -0.149. The number of carboxylic acid groups (broad SMARTS) is 1. The number of rotatable bonds is 6. The summed E-state index contributed by atoms with van der Waals surface area (Å²) in [7, 11) is 0. The Balaban J connectivity index is 2.05. The SMILES string of the molecule is CC(OC(=O)CCCC(=O)O)C1CO1. The lowest BCUT2D eigenvalue weighted by Gasteiger charge is -2.09. The molecule has 0 radical (unpaired) electrons. The van der Waals surface area contributed by atoms with E-state index in [0.29, 0.717) is 13.0 Å². The first-order valence-electron chi connectivity index (χ1n) is 4.62. The summed E-state index contributed by atoms with van der Waals surface area (Å²) >= 11 is 0. The van der Waals surface area contributed by atoms with Crippen molar-refractivity contribution in [1.82, 2.24) is 0 Å². The van der Waals surface area contributed by atoms with Crippen molar-refractivity contribution in [3.8, 4) is 0 Å². The maximum Gasteiger partial charge on any atom is 0.306 e. The molecule has 0 spiro atoms. The van der Waals surface area contributed by atoms with Crippen LogP contribution in [0.3, 0.4) is 0 Å². The largest absolute Gasteiger partial charge is 0.481 e. The molecule has 1 aliphatic rings.